The minimum absolute atomic E-state index is 0.381. The van der Waals surface area contributed by atoms with Crippen molar-refractivity contribution in [1.29, 1.82) is 0 Å². The molecule has 0 bridgehead atoms. The molecule has 0 N–H and O–H groups in total. The van der Waals surface area contributed by atoms with Crippen LogP contribution in [0.3, 0.4) is 0 Å². The SMILES string of the molecule is Cc1ccnc(N(CCc2nccs2)C(C)C)n1. The first-order chi connectivity index (χ1) is 8.66. The number of anilines is 1. The lowest BCUT2D eigenvalue weighted by atomic mass is 10.3. The number of rotatable bonds is 5. The van der Waals surface area contributed by atoms with Gasteiger partial charge < -0.3 is 4.90 Å². The molecule has 0 atom stereocenters. The summed E-state index contributed by atoms with van der Waals surface area (Å²) in [4.78, 5) is 15.4. The second-order valence-corrected chi connectivity index (χ2v) is 5.44. The van der Waals surface area contributed by atoms with Crippen molar-refractivity contribution < 1.29 is 0 Å². The zero-order valence-electron chi connectivity index (χ0n) is 11.0. The van der Waals surface area contributed by atoms with E-state index in [1.54, 1.807) is 11.3 Å². The molecule has 0 aliphatic heterocycles. The summed E-state index contributed by atoms with van der Waals surface area (Å²) in [6, 6.07) is 2.30. The third-order valence-corrected chi connectivity index (χ3v) is 3.55. The van der Waals surface area contributed by atoms with E-state index in [0.29, 0.717) is 6.04 Å². The molecule has 0 unspecified atom stereocenters. The summed E-state index contributed by atoms with van der Waals surface area (Å²) in [5.74, 6) is 0.807. The molecule has 0 aliphatic rings. The molecule has 0 saturated carbocycles. The Labute approximate surface area is 112 Å². The first-order valence-electron chi connectivity index (χ1n) is 6.11. The fourth-order valence-electron chi connectivity index (χ4n) is 1.76. The van der Waals surface area contributed by atoms with Crippen LogP contribution in [0.2, 0.25) is 0 Å². The van der Waals surface area contributed by atoms with E-state index < -0.39 is 0 Å². The average Bonchev–Trinajstić information content (AvgIpc) is 2.82. The summed E-state index contributed by atoms with van der Waals surface area (Å²) in [6.07, 6.45) is 4.60. The van der Waals surface area contributed by atoms with Crippen LogP contribution in [0.5, 0.6) is 0 Å². The van der Waals surface area contributed by atoms with Gasteiger partial charge in [-0.05, 0) is 26.8 Å². The van der Waals surface area contributed by atoms with Crippen LogP contribution >= 0.6 is 11.3 Å². The van der Waals surface area contributed by atoms with E-state index in [9.17, 15) is 0 Å². The van der Waals surface area contributed by atoms with E-state index in [-0.39, 0.29) is 0 Å². The Kier molecular flexibility index (Phi) is 4.25. The molecule has 18 heavy (non-hydrogen) atoms. The highest BCUT2D eigenvalue weighted by Crippen LogP contribution is 2.13. The normalized spacial score (nSPS) is 10.9. The molecule has 0 saturated heterocycles. The maximum Gasteiger partial charge on any atom is 0.225 e. The fourth-order valence-corrected chi connectivity index (χ4v) is 2.37. The summed E-state index contributed by atoms with van der Waals surface area (Å²) >= 11 is 1.70. The number of aromatic nitrogens is 3. The Balaban J connectivity index is 2.08. The fraction of sp³-hybridized carbons (Fsp3) is 0.462. The van der Waals surface area contributed by atoms with Crippen LogP contribution in [0.1, 0.15) is 24.5 Å². The average molecular weight is 262 g/mol. The quantitative estimate of drug-likeness (QED) is 0.831. The van der Waals surface area contributed by atoms with Gasteiger partial charge in [0, 0.05) is 42.5 Å². The van der Waals surface area contributed by atoms with Gasteiger partial charge >= 0.3 is 0 Å². The van der Waals surface area contributed by atoms with Crippen molar-refractivity contribution in [1.82, 2.24) is 15.0 Å². The van der Waals surface area contributed by atoms with Crippen LogP contribution in [-0.4, -0.2) is 27.5 Å². The molecule has 96 valence electrons. The predicted octanol–water partition coefficient (Wildman–Crippen LogP) is 2.70. The molecule has 2 heterocycles. The van der Waals surface area contributed by atoms with Crippen LogP contribution in [0.15, 0.2) is 23.8 Å². The van der Waals surface area contributed by atoms with Gasteiger partial charge in [0.1, 0.15) is 0 Å². The molecule has 0 spiro atoms. The molecule has 2 aromatic heterocycles. The monoisotopic (exact) mass is 262 g/mol. The molecular formula is C13H18N4S. The van der Waals surface area contributed by atoms with Crippen molar-refractivity contribution in [3.8, 4) is 0 Å². The van der Waals surface area contributed by atoms with Gasteiger partial charge in [0.05, 0.1) is 5.01 Å². The van der Waals surface area contributed by atoms with Gasteiger partial charge in [0.25, 0.3) is 0 Å². The largest absolute Gasteiger partial charge is 0.338 e. The highest BCUT2D eigenvalue weighted by molar-refractivity contribution is 7.09. The summed E-state index contributed by atoms with van der Waals surface area (Å²) < 4.78 is 0. The number of thiazole rings is 1. The second kappa shape index (κ2) is 5.91. The van der Waals surface area contributed by atoms with Crippen molar-refractivity contribution in [3.63, 3.8) is 0 Å². The predicted molar refractivity (Wildman–Crippen MR) is 75.1 cm³/mol. The van der Waals surface area contributed by atoms with E-state index in [0.717, 1.165) is 29.6 Å². The van der Waals surface area contributed by atoms with Crippen molar-refractivity contribution in [2.45, 2.75) is 33.2 Å². The van der Waals surface area contributed by atoms with Gasteiger partial charge in [0.15, 0.2) is 0 Å². The molecule has 2 rings (SSSR count). The molecule has 0 aromatic carbocycles. The van der Waals surface area contributed by atoms with Crippen LogP contribution in [0.25, 0.3) is 0 Å². The first kappa shape index (κ1) is 13.0. The van der Waals surface area contributed by atoms with E-state index in [1.165, 1.54) is 0 Å². The van der Waals surface area contributed by atoms with Gasteiger partial charge in [-0.15, -0.1) is 11.3 Å². The molecule has 0 amide bonds. The Hall–Kier alpha value is -1.49. The lowest BCUT2D eigenvalue weighted by molar-refractivity contribution is 0.656. The highest BCUT2D eigenvalue weighted by atomic mass is 32.1. The van der Waals surface area contributed by atoms with Gasteiger partial charge in [0.2, 0.25) is 5.95 Å². The standard InChI is InChI=1S/C13H18N4S/c1-10(2)17(8-5-12-14-7-9-18-12)13-15-6-4-11(3)16-13/h4,6-7,9-10H,5,8H2,1-3H3. The lowest BCUT2D eigenvalue weighted by Gasteiger charge is -2.26. The van der Waals surface area contributed by atoms with Gasteiger partial charge in [-0.1, -0.05) is 0 Å². The molecule has 4 nitrogen and oxygen atoms in total. The number of aryl methyl sites for hydroxylation is 1. The molecule has 0 radical (unpaired) electrons. The van der Waals surface area contributed by atoms with E-state index >= 15 is 0 Å². The molecule has 5 heteroatoms. The minimum atomic E-state index is 0.381. The Morgan fingerprint density at radius 3 is 2.72 bits per heavy atom. The van der Waals surface area contributed by atoms with E-state index in [4.69, 9.17) is 0 Å². The highest BCUT2D eigenvalue weighted by Gasteiger charge is 2.13. The number of hydrogen-bond donors (Lipinski definition) is 0. The van der Waals surface area contributed by atoms with Gasteiger partial charge in [-0.3, -0.25) is 0 Å². The van der Waals surface area contributed by atoms with Crippen molar-refractivity contribution in [3.05, 3.63) is 34.5 Å². The Morgan fingerprint density at radius 1 is 1.28 bits per heavy atom. The lowest BCUT2D eigenvalue weighted by Crippen LogP contribution is -2.34. The Bertz CT molecular complexity index is 481. The maximum atomic E-state index is 4.49. The van der Waals surface area contributed by atoms with Crippen molar-refractivity contribution in [2.75, 3.05) is 11.4 Å². The molecular weight excluding hydrogens is 244 g/mol. The molecule has 2 aromatic rings. The van der Waals surface area contributed by atoms with Crippen LogP contribution < -0.4 is 4.90 Å². The zero-order chi connectivity index (χ0) is 13.0. The van der Waals surface area contributed by atoms with Crippen LogP contribution in [-0.2, 0) is 6.42 Å². The smallest absolute Gasteiger partial charge is 0.225 e. The van der Waals surface area contributed by atoms with Crippen LogP contribution in [0, 0.1) is 6.92 Å². The first-order valence-corrected chi connectivity index (χ1v) is 6.99. The maximum absolute atomic E-state index is 4.49. The minimum Gasteiger partial charge on any atom is -0.338 e. The molecule has 0 aliphatic carbocycles. The number of nitrogens with zero attached hydrogens (tertiary/aromatic N) is 4. The number of hydrogen-bond acceptors (Lipinski definition) is 5. The van der Waals surface area contributed by atoms with E-state index in [2.05, 4.69) is 33.7 Å². The summed E-state index contributed by atoms with van der Waals surface area (Å²) in [7, 11) is 0. The van der Waals surface area contributed by atoms with Crippen molar-refractivity contribution in [2.24, 2.45) is 0 Å². The van der Waals surface area contributed by atoms with E-state index in [1.807, 2.05) is 30.8 Å². The second-order valence-electron chi connectivity index (χ2n) is 4.46. The van der Waals surface area contributed by atoms with Gasteiger partial charge in [-0.25, -0.2) is 15.0 Å². The molecule has 0 fully saturated rings. The topological polar surface area (TPSA) is 41.9 Å². The summed E-state index contributed by atoms with van der Waals surface area (Å²) in [5, 5.41) is 3.17. The van der Waals surface area contributed by atoms with Gasteiger partial charge in [-0.2, -0.15) is 0 Å². The summed E-state index contributed by atoms with van der Waals surface area (Å²) in [6.45, 7) is 7.21. The third-order valence-electron chi connectivity index (χ3n) is 2.71. The Morgan fingerprint density at radius 2 is 2.11 bits per heavy atom. The van der Waals surface area contributed by atoms with Crippen LogP contribution in [0.4, 0.5) is 5.95 Å². The summed E-state index contributed by atoms with van der Waals surface area (Å²) in [5.41, 5.74) is 1.000. The third kappa shape index (κ3) is 3.26. The zero-order valence-corrected chi connectivity index (χ0v) is 11.8. The van der Waals surface area contributed by atoms with Crippen molar-refractivity contribution >= 4 is 17.3 Å².